The molecule has 0 spiro atoms. The van der Waals surface area contributed by atoms with E-state index in [4.69, 9.17) is 28.4 Å². The van der Waals surface area contributed by atoms with Gasteiger partial charge >= 0.3 is 0 Å². The van der Waals surface area contributed by atoms with Crippen LogP contribution in [0, 0.1) is 0 Å². The third kappa shape index (κ3) is 4.56. The molecule has 2 fully saturated rings. The second-order valence-electron chi connectivity index (χ2n) is 9.38. The van der Waals surface area contributed by atoms with E-state index in [2.05, 4.69) is 4.90 Å². The molecule has 0 bridgehead atoms. The van der Waals surface area contributed by atoms with Gasteiger partial charge in [-0.2, -0.15) is 0 Å². The van der Waals surface area contributed by atoms with Crippen LogP contribution in [0.3, 0.4) is 0 Å². The van der Waals surface area contributed by atoms with Gasteiger partial charge in [0, 0.05) is 24.2 Å². The molecule has 1 unspecified atom stereocenters. The third-order valence-corrected chi connectivity index (χ3v) is 7.36. The Morgan fingerprint density at radius 1 is 0.923 bits per heavy atom. The van der Waals surface area contributed by atoms with Gasteiger partial charge in [-0.25, -0.2) is 0 Å². The van der Waals surface area contributed by atoms with Crippen LogP contribution in [0.1, 0.15) is 30.0 Å². The lowest BCUT2D eigenvalue weighted by atomic mass is 9.93. The number of carbonyl (C=O) groups excluding carboxylic acids is 2. The maximum Gasteiger partial charge on any atom is 0.295 e. The molecule has 208 valence electrons. The average Bonchev–Trinajstić information content (AvgIpc) is 3.70. The van der Waals surface area contributed by atoms with Gasteiger partial charge in [-0.1, -0.05) is 0 Å². The highest BCUT2D eigenvalue weighted by Crippen LogP contribution is 2.54. The van der Waals surface area contributed by atoms with E-state index in [0.29, 0.717) is 40.7 Å². The van der Waals surface area contributed by atoms with Gasteiger partial charge in [0.15, 0.2) is 23.0 Å². The molecule has 1 N–H and O–H groups in total. The minimum Gasteiger partial charge on any atom is -0.507 e. The van der Waals surface area contributed by atoms with Crippen LogP contribution in [0.25, 0.3) is 5.76 Å². The highest BCUT2D eigenvalue weighted by atomic mass is 16.7. The van der Waals surface area contributed by atoms with E-state index in [1.807, 2.05) is 0 Å². The van der Waals surface area contributed by atoms with Crippen molar-refractivity contribution in [2.24, 2.45) is 0 Å². The summed E-state index contributed by atoms with van der Waals surface area (Å²) in [6, 6.07) is 5.48. The van der Waals surface area contributed by atoms with Crippen molar-refractivity contribution in [2.75, 3.05) is 61.4 Å². The van der Waals surface area contributed by atoms with Crippen LogP contribution in [-0.2, 0) is 9.59 Å². The summed E-state index contributed by atoms with van der Waals surface area (Å²) in [7, 11) is 5.91. The minimum atomic E-state index is -0.973. The lowest BCUT2D eigenvalue weighted by Crippen LogP contribution is -2.37. The zero-order valence-corrected chi connectivity index (χ0v) is 22.4. The summed E-state index contributed by atoms with van der Waals surface area (Å²) in [6.07, 6.45) is 2.18. The maximum absolute atomic E-state index is 13.6. The van der Waals surface area contributed by atoms with Gasteiger partial charge in [0.1, 0.15) is 5.76 Å². The van der Waals surface area contributed by atoms with Crippen molar-refractivity contribution in [3.8, 4) is 34.5 Å². The molecule has 1 atom stereocenters. The standard InChI is InChI=1S/C28H32N2O9/c1-34-18-8-7-16(13-19(18)35-2)23(31)21-22(30(28(33)24(21)32)12-11-29-9-5-6-10-29)17-14-20-26(39-15-38-20)27(37-4)25(17)36-3/h7-8,13-14,22,31H,5-6,9-12,15H2,1-4H3. The number of aliphatic hydroxyl groups excluding tert-OH is 1. The van der Waals surface area contributed by atoms with Crippen LogP contribution in [-0.4, -0.2) is 88.0 Å². The molecular weight excluding hydrogens is 508 g/mol. The van der Waals surface area contributed by atoms with Gasteiger partial charge < -0.3 is 43.3 Å². The fraction of sp³-hybridized carbons (Fsp3) is 0.429. The molecule has 3 aliphatic rings. The Kier molecular flexibility index (Phi) is 7.42. The number of benzene rings is 2. The molecule has 0 aromatic heterocycles. The lowest BCUT2D eigenvalue weighted by Gasteiger charge is -2.29. The lowest BCUT2D eigenvalue weighted by molar-refractivity contribution is -0.140. The zero-order chi connectivity index (χ0) is 27.7. The number of rotatable bonds is 9. The van der Waals surface area contributed by atoms with Crippen LogP contribution >= 0.6 is 0 Å². The summed E-state index contributed by atoms with van der Waals surface area (Å²) in [5.41, 5.74) is 0.649. The molecule has 3 heterocycles. The first-order chi connectivity index (χ1) is 18.9. The largest absolute Gasteiger partial charge is 0.507 e. The predicted octanol–water partition coefficient (Wildman–Crippen LogP) is 2.97. The molecule has 39 heavy (non-hydrogen) atoms. The molecule has 11 nitrogen and oxygen atoms in total. The van der Waals surface area contributed by atoms with E-state index in [1.54, 1.807) is 24.3 Å². The smallest absolute Gasteiger partial charge is 0.295 e. The number of hydrogen-bond donors (Lipinski definition) is 1. The number of Topliss-reactive ketones (excluding diaryl/α,β-unsaturated/α-hetero) is 1. The quantitative estimate of drug-likeness (QED) is 0.289. The normalized spacial score (nSPS) is 20.0. The topological polar surface area (TPSA) is 116 Å². The third-order valence-electron chi connectivity index (χ3n) is 7.36. The zero-order valence-electron chi connectivity index (χ0n) is 22.4. The molecule has 11 heteroatoms. The number of nitrogens with zero attached hydrogens (tertiary/aromatic N) is 2. The first-order valence-electron chi connectivity index (χ1n) is 12.7. The SMILES string of the molecule is COc1ccc(C(O)=C2C(=O)C(=O)N(CCN3CCCC3)C2c2cc3c(c(OC)c2OC)OCO3)cc1OC. The highest BCUT2D eigenvalue weighted by molar-refractivity contribution is 6.46. The van der Waals surface area contributed by atoms with Crippen molar-refractivity contribution >= 4 is 17.4 Å². The molecule has 3 aliphatic heterocycles. The number of likely N-dealkylation sites (tertiary alicyclic amines) is 2. The second kappa shape index (κ2) is 10.9. The summed E-state index contributed by atoms with van der Waals surface area (Å²) in [4.78, 5) is 30.8. The van der Waals surface area contributed by atoms with Crippen molar-refractivity contribution in [1.82, 2.24) is 9.80 Å². The van der Waals surface area contributed by atoms with Gasteiger partial charge in [0.25, 0.3) is 11.7 Å². The fourth-order valence-corrected chi connectivity index (χ4v) is 5.44. The molecule has 0 saturated carbocycles. The van der Waals surface area contributed by atoms with Crippen molar-refractivity contribution < 1.29 is 43.1 Å². The van der Waals surface area contributed by atoms with Crippen LogP contribution in [0.15, 0.2) is 29.8 Å². The van der Waals surface area contributed by atoms with E-state index in [0.717, 1.165) is 25.9 Å². The van der Waals surface area contributed by atoms with Crippen molar-refractivity contribution in [2.45, 2.75) is 18.9 Å². The van der Waals surface area contributed by atoms with Crippen LogP contribution in [0.2, 0.25) is 0 Å². The van der Waals surface area contributed by atoms with Gasteiger partial charge in [-0.15, -0.1) is 0 Å². The summed E-state index contributed by atoms with van der Waals surface area (Å²) in [5, 5.41) is 11.5. The number of amides is 1. The van der Waals surface area contributed by atoms with Gasteiger partial charge in [0.05, 0.1) is 40.1 Å². The van der Waals surface area contributed by atoms with Crippen LogP contribution in [0.4, 0.5) is 0 Å². The van der Waals surface area contributed by atoms with E-state index in [1.165, 1.54) is 33.3 Å². The van der Waals surface area contributed by atoms with Crippen LogP contribution < -0.4 is 28.4 Å². The van der Waals surface area contributed by atoms with E-state index in [9.17, 15) is 14.7 Å². The average molecular weight is 541 g/mol. The number of ketones is 1. The van der Waals surface area contributed by atoms with Gasteiger partial charge in [-0.05, 0) is 50.2 Å². The van der Waals surface area contributed by atoms with Gasteiger partial charge in [-0.3, -0.25) is 9.59 Å². The Morgan fingerprint density at radius 2 is 1.64 bits per heavy atom. The molecular formula is C28H32N2O9. The number of fused-ring (bicyclic) bond motifs is 1. The van der Waals surface area contributed by atoms with Gasteiger partial charge in [0.2, 0.25) is 18.3 Å². The number of hydrogen-bond acceptors (Lipinski definition) is 10. The number of aliphatic hydroxyl groups is 1. The molecule has 2 saturated heterocycles. The monoisotopic (exact) mass is 540 g/mol. The summed E-state index contributed by atoms with van der Waals surface area (Å²) in [6.45, 7) is 2.71. The van der Waals surface area contributed by atoms with E-state index < -0.39 is 17.7 Å². The molecule has 1 amide bonds. The molecule has 2 aromatic rings. The summed E-state index contributed by atoms with van der Waals surface area (Å²) < 4.78 is 33.3. The highest BCUT2D eigenvalue weighted by Gasteiger charge is 2.48. The minimum absolute atomic E-state index is 0.0148. The summed E-state index contributed by atoms with van der Waals surface area (Å²) in [5.74, 6) is 0.277. The molecule has 0 radical (unpaired) electrons. The van der Waals surface area contributed by atoms with Crippen molar-refractivity contribution in [1.29, 1.82) is 0 Å². The fourth-order valence-electron chi connectivity index (χ4n) is 5.44. The second-order valence-corrected chi connectivity index (χ2v) is 9.38. The van der Waals surface area contributed by atoms with Crippen LogP contribution in [0.5, 0.6) is 34.5 Å². The first-order valence-corrected chi connectivity index (χ1v) is 12.7. The summed E-state index contributed by atoms with van der Waals surface area (Å²) >= 11 is 0. The molecule has 2 aromatic carbocycles. The Bertz CT molecular complexity index is 1320. The predicted molar refractivity (Wildman–Crippen MR) is 140 cm³/mol. The number of carbonyl (C=O) groups is 2. The Morgan fingerprint density at radius 3 is 2.31 bits per heavy atom. The molecule has 0 aliphatic carbocycles. The molecule has 5 rings (SSSR count). The Balaban J connectivity index is 1.69. The number of ether oxygens (including phenoxy) is 6. The van der Waals surface area contributed by atoms with E-state index >= 15 is 0 Å². The van der Waals surface area contributed by atoms with E-state index in [-0.39, 0.29) is 36.2 Å². The Hall–Kier alpha value is -4.12. The Labute approximate surface area is 226 Å². The number of methoxy groups -OCH3 is 4. The first kappa shape index (κ1) is 26.5. The maximum atomic E-state index is 13.6. The van der Waals surface area contributed by atoms with Crippen molar-refractivity contribution in [3.05, 3.63) is 41.0 Å². The van der Waals surface area contributed by atoms with Crippen molar-refractivity contribution in [3.63, 3.8) is 0 Å².